The Morgan fingerprint density at radius 3 is 2.05 bits per heavy atom. The number of hydrogen-bond acceptors (Lipinski definition) is 3. The van der Waals surface area contributed by atoms with Gasteiger partial charge in [0, 0.05) is 47.3 Å². The van der Waals surface area contributed by atoms with Gasteiger partial charge in [0.05, 0.1) is 6.04 Å². The van der Waals surface area contributed by atoms with E-state index in [1.807, 2.05) is 11.8 Å². The third kappa shape index (κ3) is 4.38. The molecular weight excluding hydrogens is 244 g/mol. The summed E-state index contributed by atoms with van der Waals surface area (Å²) in [6.45, 7) is 3.38. The van der Waals surface area contributed by atoms with Crippen LogP contribution in [0.2, 0.25) is 0 Å². The fraction of sp³-hybridized carbons (Fsp3) is 0.846. The molecule has 1 aliphatic rings. The Morgan fingerprint density at radius 1 is 1.11 bits per heavy atom. The van der Waals surface area contributed by atoms with E-state index in [4.69, 9.17) is 0 Å². The van der Waals surface area contributed by atoms with Gasteiger partial charge in [-0.15, -0.1) is 0 Å². The maximum atomic E-state index is 11.8. The van der Waals surface area contributed by atoms with Crippen LogP contribution in [0.1, 0.15) is 19.8 Å². The van der Waals surface area contributed by atoms with Gasteiger partial charge in [-0.05, 0) is 19.8 Å². The number of amides is 3. The minimum absolute atomic E-state index is 0.0656. The van der Waals surface area contributed by atoms with Gasteiger partial charge < -0.3 is 20.0 Å². The van der Waals surface area contributed by atoms with Crippen LogP contribution in [0.25, 0.3) is 0 Å². The number of carbonyl (C=O) groups is 2. The van der Waals surface area contributed by atoms with Crippen LogP contribution in [-0.4, -0.2) is 80.0 Å². The van der Waals surface area contributed by atoms with Gasteiger partial charge in [0.15, 0.2) is 0 Å². The van der Waals surface area contributed by atoms with E-state index >= 15 is 0 Å². The summed E-state index contributed by atoms with van der Waals surface area (Å²) in [6.07, 6.45) is 1.79. The van der Waals surface area contributed by atoms with Crippen LogP contribution in [-0.2, 0) is 4.79 Å². The maximum absolute atomic E-state index is 11.8. The van der Waals surface area contributed by atoms with Gasteiger partial charge in [-0.3, -0.25) is 4.79 Å². The monoisotopic (exact) mass is 270 g/mol. The molecule has 6 heteroatoms. The number of piperidine rings is 1. The molecule has 1 aliphatic heterocycles. The van der Waals surface area contributed by atoms with Crippen molar-refractivity contribution in [3.63, 3.8) is 0 Å². The zero-order chi connectivity index (χ0) is 14.6. The summed E-state index contributed by atoms with van der Waals surface area (Å²) in [5, 5.41) is 3.35. The second-order valence-corrected chi connectivity index (χ2v) is 5.56. The molecule has 1 fully saturated rings. The second-order valence-electron chi connectivity index (χ2n) is 5.56. The molecule has 0 saturated carbocycles. The normalized spacial score (nSPS) is 18.1. The molecule has 1 unspecified atom stereocenters. The first kappa shape index (κ1) is 15.8. The number of urea groups is 1. The summed E-state index contributed by atoms with van der Waals surface area (Å²) in [7, 11) is 7.06. The lowest BCUT2D eigenvalue weighted by atomic mass is 10.0. The van der Waals surface area contributed by atoms with Crippen LogP contribution in [0.5, 0.6) is 0 Å². The van der Waals surface area contributed by atoms with E-state index in [9.17, 15) is 9.59 Å². The molecule has 1 N–H and O–H groups in total. The van der Waals surface area contributed by atoms with Crippen LogP contribution in [0.4, 0.5) is 4.79 Å². The number of nitrogens with zero attached hydrogens (tertiary/aromatic N) is 3. The fourth-order valence-corrected chi connectivity index (χ4v) is 2.33. The molecule has 0 aromatic rings. The topological polar surface area (TPSA) is 55.9 Å². The zero-order valence-electron chi connectivity index (χ0n) is 12.6. The molecule has 1 saturated heterocycles. The standard InChI is InChI=1S/C13H26N4O2/c1-10(12(18)15(2)3)14-11-6-8-17(9-7-11)13(19)16(4)5/h10-11,14H,6-9H2,1-5H3. The lowest BCUT2D eigenvalue weighted by Crippen LogP contribution is -2.52. The summed E-state index contributed by atoms with van der Waals surface area (Å²) in [5.41, 5.74) is 0. The van der Waals surface area contributed by atoms with Crippen molar-refractivity contribution >= 4 is 11.9 Å². The predicted molar refractivity (Wildman–Crippen MR) is 75.0 cm³/mol. The van der Waals surface area contributed by atoms with Gasteiger partial charge in [0.25, 0.3) is 0 Å². The molecule has 0 aromatic carbocycles. The van der Waals surface area contributed by atoms with Crippen molar-refractivity contribution < 1.29 is 9.59 Å². The van der Waals surface area contributed by atoms with Crippen molar-refractivity contribution in [1.29, 1.82) is 0 Å². The van der Waals surface area contributed by atoms with E-state index < -0.39 is 0 Å². The van der Waals surface area contributed by atoms with Gasteiger partial charge in [-0.2, -0.15) is 0 Å². The molecular formula is C13H26N4O2. The van der Waals surface area contributed by atoms with Crippen LogP contribution in [0.15, 0.2) is 0 Å². The Morgan fingerprint density at radius 2 is 1.63 bits per heavy atom. The largest absolute Gasteiger partial charge is 0.347 e. The van der Waals surface area contributed by atoms with Crippen molar-refractivity contribution in [1.82, 2.24) is 20.0 Å². The number of nitrogens with one attached hydrogen (secondary N) is 1. The molecule has 0 bridgehead atoms. The third-order valence-electron chi connectivity index (χ3n) is 3.44. The van der Waals surface area contributed by atoms with Crippen LogP contribution in [0, 0.1) is 0 Å². The highest BCUT2D eigenvalue weighted by Crippen LogP contribution is 2.12. The van der Waals surface area contributed by atoms with Gasteiger partial charge in [-0.1, -0.05) is 0 Å². The first-order valence-corrected chi connectivity index (χ1v) is 6.76. The third-order valence-corrected chi connectivity index (χ3v) is 3.44. The van der Waals surface area contributed by atoms with Crippen molar-refractivity contribution in [2.45, 2.75) is 31.8 Å². The predicted octanol–water partition coefficient (Wildman–Crippen LogP) is 0.199. The van der Waals surface area contributed by atoms with E-state index in [-0.39, 0.29) is 18.0 Å². The smallest absolute Gasteiger partial charge is 0.319 e. The van der Waals surface area contributed by atoms with E-state index in [0.29, 0.717) is 6.04 Å². The first-order valence-electron chi connectivity index (χ1n) is 6.76. The van der Waals surface area contributed by atoms with Crippen molar-refractivity contribution in [3.8, 4) is 0 Å². The summed E-state index contributed by atoms with van der Waals surface area (Å²) >= 11 is 0. The van der Waals surface area contributed by atoms with E-state index in [0.717, 1.165) is 25.9 Å². The number of carbonyl (C=O) groups excluding carboxylic acids is 2. The minimum atomic E-state index is -0.170. The summed E-state index contributed by atoms with van der Waals surface area (Å²) in [4.78, 5) is 28.6. The minimum Gasteiger partial charge on any atom is -0.347 e. The van der Waals surface area contributed by atoms with Gasteiger partial charge >= 0.3 is 6.03 Å². The number of likely N-dealkylation sites (N-methyl/N-ethyl adjacent to an activating group) is 1. The molecule has 0 radical (unpaired) electrons. The highest BCUT2D eigenvalue weighted by molar-refractivity contribution is 5.81. The maximum Gasteiger partial charge on any atom is 0.319 e. The zero-order valence-corrected chi connectivity index (χ0v) is 12.6. The molecule has 110 valence electrons. The van der Waals surface area contributed by atoms with Crippen molar-refractivity contribution in [2.75, 3.05) is 41.3 Å². The highest BCUT2D eigenvalue weighted by atomic mass is 16.2. The van der Waals surface area contributed by atoms with Crippen LogP contribution < -0.4 is 5.32 Å². The van der Waals surface area contributed by atoms with Crippen LogP contribution in [0.3, 0.4) is 0 Å². The molecule has 19 heavy (non-hydrogen) atoms. The van der Waals surface area contributed by atoms with E-state index in [1.54, 1.807) is 38.0 Å². The molecule has 0 spiro atoms. The number of hydrogen-bond donors (Lipinski definition) is 1. The van der Waals surface area contributed by atoms with E-state index in [2.05, 4.69) is 5.32 Å². The second kappa shape index (κ2) is 6.75. The average molecular weight is 270 g/mol. The molecule has 1 rings (SSSR count). The van der Waals surface area contributed by atoms with Gasteiger partial charge in [0.2, 0.25) is 5.91 Å². The number of rotatable bonds is 3. The Balaban J connectivity index is 2.38. The summed E-state index contributed by atoms with van der Waals surface area (Å²) in [5.74, 6) is 0.0896. The quantitative estimate of drug-likeness (QED) is 0.797. The summed E-state index contributed by atoms with van der Waals surface area (Å²) < 4.78 is 0. The Kier molecular flexibility index (Phi) is 5.60. The van der Waals surface area contributed by atoms with Crippen LogP contribution >= 0.6 is 0 Å². The lowest BCUT2D eigenvalue weighted by Gasteiger charge is -2.35. The van der Waals surface area contributed by atoms with Crippen molar-refractivity contribution in [3.05, 3.63) is 0 Å². The van der Waals surface area contributed by atoms with Gasteiger partial charge in [0.1, 0.15) is 0 Å². The molecule has 1 heterocycles. The Bertz CT molecular complexity index is 323. The number of likely N-dealkylation sites (tertiary alicyclic amines) is 1. The Labute approximate surface area is 115 Å². The first-order chi connectivity index (χ1) is 8.82. The SMILES string of the molecule is CC(NC1CCN(C(=O)N(C)C)CC1)C(=O)N(C)C. The lowest BCUT2D eigenvalue weighted by molar-refractivity contribution is -0.130. The fourth-order valence-electron chi connectivity index (χ4n) is 2.33. The Hall–Kier alpha value is -1.30. The highest BCUT2D eigenvalue weighted by Gasteiger charge is 2.26. The molecule has 6 nitrogen and oxygen atoms in total. The molecule has 1 atom stereocenters. The molecule has 3 amide bonds. The summed E-state index contributed by atoms with van der Waals surface area (Å²) in [6, 6.07) is 0.206. The molecule has 0 aliphatic carbocycles. The average Bonchev–Trinajstić information content (AvgIpc) is 2.37. The molecule has 0 aromatic heterocycles. The van der Waals surface area contributed by atoms with E-state index in [1.165, 1.54) is 0 Å². The van der Waals surface area contributed by atoms with Gasteiger partial charge in [-0.25, -0.2) is 4.79 Å². The van der Waals surface area contributed by atoms with Crippen molar-refractivity contribution in [2.24, 2.45) is 0 Å².